The van der Waals surface area contributed by atoms with Crippen molar-refractivity contribution >= 4 is 11.4 Å². The Bertz CT molecular complexity index is 173. The van der Waals surface area contributed by atoms with Gasteiger partial charge in [0.2, 0.25) is 0 Å². The third-order valence-corrected chi connectivity index (χ3v) is 1.87. The summed E-state index contributed by atoms with van der Waals surface area (Å²) in [5, 5.41) is 14.8. The Hall–Kier alpha value is -0.740. The lowest BCUT2D eigenvalue weighted by atomic mass is 9.99. The maximum absolute atomic E-state index is 7.51. The van der Waals surface area contributed by atoms with Crippen LogP contribution in [0.2, 0.25) is 0 Å². The lowest BCUT2D eigenvalue weighted by Crippen LogP contribution is -2.28. The summed E-state index contributed by atoms with van der Waals surface area (Å²) in [5.74, 6) is 0.117. The van der Waals surface area contributed by atoms with Crippen molar-refractivity contribution in [2.75, 3.05) is 19.8 Å². The van der Waals surface area contributed by atoms with Crippen LogP contribution in [0.1, 0.15) is 6.42 Å². The maximum Gasteiger partial charge on any atom is 0.0660 e. The van der Waals surface area contributed by atoms with Crippen molar-refractivity contribution in [3.05, 3.63) is 0 Å². The zero-order chi connectivity index (χ0) is 8.27. The molecule has 4 N–H and O–H groups in total. The summed E-state index contributed by atoms with van der Waals surface area (Å²) in [4.78, 5) is 0. The van der Waals surface area contributed by atoms with Crippen molar-refractivity contribution in [2.45, 2.75) is 6.42 Å². The van der Waals surface area contributed by atoms with Gasteiger partial charge in [0.25, 0.3) is 0 Å². The standard InChI is InChI=1S/C7H13N3O/c8-3-6(9)7(10)5-1-2-11-4-5/h5,9-10H,1-4,8H2/t5-/m0/s1. The molecule has 0 amide bonds. The monoisotopic (exact) mass is 155 g/mol. The minimum Gasteiger partial charge on any atom is -0.381 e. The quantitative estimate of drug-likeness (QED) is 0.502. The van der Waals surface area contributed by atoms with Crippen molar-refractivity contribution in [2.24, 2.45) is 11.7 Å². The van der Waals surface area contributed by atoms with E-state index >= 15 is 0 Å². The molecule has 62 valence electrons. The Labute approximate surface area is 65.7 Å². The number of nitrogens with one attached hydrogen (secondary N) is 2. The summed E-state index contributed by atoms with van der Waals surface area (Å²) in [6, 6.07) is 0. The first-order chi connectivity index (χ1) is 5.25. The molecule has 0 aromatic rings. The van der Waals surface area contributed by atoms with E-state index in [1.807, 2.05) is 0 Å². The number of rotatable bonds is 3. The first-order valence-corrected chi connectivity index (χ1v) is 3.69. The molecule has 0 aliphatic carbocycles. The Morgan fingerprint density at radius 3 is 2.73 bits per heavy atom. The second-order valence-electron chi connectivity index (χ2n) is 2.66. The van der Waals surface area contributed by atoms with Crippen molar-refractivity contribution in [1.82, 2.24) is 0 Å². The molecule has 1 atom stereocenters. The topological polar surface area (TPSA) is 83.0 Å². The summed E-state index contributed by atoms with van der Waals surface area (Å²) >= 11 is 0. The van der Waals surface area contributed by atoms with Gasteiger partial charge in [0, 0.05) is 19.1 Å². The third kappa shape index (κ3) is 1.85. The van der Waals surface area contributed by atoms with Crippen LogP contribution in [0.3, 0.4) is 0 Å². The van der Waals surface area contributed by atoms with Crippen LogP contribution in [0.25, 0.3) is 0 Å². The molecule has 11 heavy (non-hydrogen) atoms. The molecular weight excluding hydrogens is 142 g/mol. The predicted octanol–water partition coefficient (Wildman–Crippen LogP) is 0.0211. The molecule has 1 aliphatic rings. The van der Waals surface area contributed by atoms with Crippen LogP contribution in [0.15, 0.2) is 0 Å². The highest BCUT2D eigenvalue weighted by Crippen LogP contribution is 2.13. The molecule has 4 heteroatoms. The highest BCUT2D eigenvalue weighted by molar-refractivity contribution is 6.41. The Kier molecular flexibility index (Phi) is 2.73. The Balaban J connectivity index is 2.46. The fraction of sp³-hybridized carbons (Fsp3) is 0.714. The summed E-state index contributed by atoms with van der Waals surface area (Å²) < 4.78 is 5.09. The first-order valence-electron chi connectivity index (χ1n) is 3.69. The molecule has 1 fully saturated rings. The maximum atomic E-state index is 7.51. The van der Waals surface area contributed by atoms with Gasteiger partial charge in [-0.3, -0.25) is 0 Å². The van der Waals surface area contributed by atoms with Crippen LogP contribution in [0.5, 0.6) is 0 Å². The van der Waals surface area contributed by atoms with E-state index in [1.165, 1.54) is 0 Å². The molecule has 0 aromatic heterocycles. The van der Waals surface area contributed by atoms with Gasteiger partial charge in [-0.1, -0.05) is 0 Å². The van der Waals surface area contributed by atoms with Crippen LogP contribution in [0, 0.1) is 16.7 Å². The van der Waals surface area contributed by atoms with Gasteiger partial charge in [-0.05, 0) is 6.42 Å². The Morgan fingerprint density at radius 1 is 1.55 bits per heavy atom. The van der Waals surface area contributed by atoms with Gasteiger partial charge in [-0.25, -0.2) is 0 Å². The summed E-state index contributed by atoms with van der Waals surface area (Å²) in [7, 11) is 0. The van der Waals surface area contributed by atoms with Crippen molar-refractivity contribution < 1.29 is 4.74 Å². The van der Waals surface area contributed by atoms with Gasteiger partial charge in [-0.2, -0.15) is 0 Å². The van der Waals surface area contributed by atoms with Crippen LogP contribution in [0.4, 0.5) is 0 Å². The lowest BCUT2D eigenvalue weighted by Gasteiger charge is -2.08. The van der Waals surface area contributed by atoms with E-state index in [1.54, 1.807) is 0 Å². The summed E-state index contributed by atoms with van der Waals surface area (Å²) in [6.07, 6.45) is 0.862. The van der Waals surface area contributed by atoms with Crippen LogP contribution in [-0.4, -0.2) is 31.2 Å². The molecular formula is C7H13N3O. The van der Waals surface area contributed by atoms with Gasteiger partial charge in [0.05, 0.1) is 18.0 Å². The second-order valence-corrected chi connectivity index (χ2v) is 2.66. The third-order valence-electron chi connectivity index (χ3n) is 1.87. The second kappa shape index (κ2) is 3.59. The van der Waals surface area contributed by atoms with Crippen LogP contribution in [-0.2, 0) is 4.74 Å². The molecule has 4 nitrogen and oxygen atoms in total. The molecule has 0 radical (unpaired) electrons. The van der Waals surface area contributed by atoms with E-state index in [-0.39, 0.29) is 18.2 Å². The van der Waals surface area contributed by atoms with E-state index in [0.29, 0.717) is 18.9 Å². The fourth-order valence-electron chi connectivity index (χ4n) is 1.12. The molecule has 1 aliphatic heterocycles. The zero-order valence-electron chi connectivity index (χ0n) is 6.39. The highest BCUT2D eigenvalue weighted by atomic mass is 16.5. The van der Waals surface area contributed by atoms with E-state index in [4.69, 9.17) is 21.3 Å². The van der Waals surface area contributed by atoms with E-state index < -0.39 is 0 Å². The highest BCUT2D eigenvalue weighted by Gasteiger charge is 2.22. The van der Waals surface area contributed by atoms with Gasteiger partial charge in [0.1, 0.15) is 0 Å². The fourth-order valence-corrected chi connectivity index (χ4v) is 1.12. The molecule has 1 rings (SSSR count). The molecule has 0 bridgehead atoms. The minimum atomic E-state index is 0.117. The average Bonchev–Trinajstić information content (AvgIpc) is 2.53. The van der Waals surface area contributed by atoms with Gasteiger partial charge in [0.15, 0.2) is 0 Å². The van der Waals surface area contributed by atoms with Gasteiger partial charge >= 0.3 is 0 Å². The first kappa shape index (κ1) is 8.36. The van der Waals surface area contributed by atoms with Crippen molar-refractivity contribution in [3.8, 4) is 0 Å². The number of nitrogens with two attached hydrogens (primary N) is 1. The van der Waals surface area contributed by atoms with Gasteiger partial charge in [-0.15, -0.1) is 0 Å². The Morgan fingerprint density at radius 2 is 2.27 bits per heavy atom. The van der Waals surface area contributed by atoms with Crippen LogP contribution >= 0.6 is 0 Å². The van der Waals surface area contributed by atoms with E-state index in [2.05, 4.69) is 0 Å². The van der Waals surface area contributed by atoms with Crippen LogP contribution < -0.4 is 5.73 Å². The molecule has 0 saturated carbocycles. The molecule has 1 heterocycles. The van der Waals surface area contributed by atoms with Crippen molar-refractivity contribution in [1.29, 1.82) is 10.8 Å². The van der Waals surface area contributed by atoms with E-state index in [0.717, 1.165) is 6.42 Å². The van der Waals surface area contributed by atoms with E-state index in [9.17, 15) is 0 Å². The number of hydrogen-bond donors (Lipinski definition) is 3. The zero-order valence-corrected chi connectivity index (χ0v) is 6.39. The summed E-state index contributed by atoms with van der Waals surface area (Å²) in [6.45, 7) is 1.46. The summed E-state index contributed by atoms with van der Waals surface area (Å²) in [5.41, 5.74) is 5.82. The predicted molar refractivity (Wildman–Crippen MR) is 43.4 cm³/mol. The minimum absolute atomic E-state index is 0.117. The number of ether oxygens (including phenoxy) is 1. The molecule has 0 spiro atoms. The SMILES string of the molecule is N=C(CN)C(=N)[C@H]1CCOC1. The lowest BCUT2D eigenvalue weighted by molar-refractivity contribution is 0.193. The normalized spacial score (nSPS) is 23.5. The molecule has 0 aromatic carbocycles. The molecule has 1 saturated heterocycles. The van der Waals surface area contributed by atoms with Crippen molar-refractivity contribution in [3.63, 3.8) is 0 Å². The average molecular weight is 155 g/mol. The smallest absolute Gasteiger partial charge is 0.0660 e. The molecule has 0 unspecified atom stereocenters. The largest absolute Gasteiger partial charge is 0.381 e. The number of hydrogen-bond acceptors (Lipinski definition) is 4. The van der Waals surface area contributed by atoms with Gasteiger partial charge < -0.3 is 21.3 Å².